The largest absolute Gasteiger partial charge is 0.309 e. The van der Waals surface area contributed by atoms with E-state index in [-0.39, 0.29) is 0 Å². The molecule has 1 unspecified atom stereocenters. The van der Waals surface area contributed by atoms with E-state index in [0.717, 1.165) is 17.9 Å². The van der Waals surface area contributed by atoms with E-state index in [0.29, 0.717) is 12.0 Å². The van der Waals surface area contributed by atoms with Crippen LogP contribution in [0, 0.1) is 12.8 Å². The van der Waals surface area contributed by atoms with Crippen molar-refractivity contribution in [2.75, 3.05) is 6.54 Å². The minimum atomic E-state index is 0.341. The Morgan fingerprint density at radius 1 is 1.12 bits per heavy atom. The van der Waals surface area contributed by atoms with Crippen LogP contribution in [0.4, 0.5) is 0 Å². The fourth-order valence-electron chi connectivity index (χ4n) is 2.06. The summed E-state index contributed by atoms with van der Waals surface area (Å²) in [5.41, 5.74) is 2.05. The van der Waals surface area contributed by atoms with E-state index in [1.807, 2.05) is 19.3 Å². The van der Waals surface area contributed by atoms with Crippen LogP contribution in [0.1, 0.15) is 51.0 Å². The van der Waals surface area contributed by atoms with Gasteiger partial charge in [0.25, 0.3) is 0 Å². The van der Waals surface area contributed by atoms with Crippen LogP contribution in [-0.2, 0) is 0 Å². The van der Waals surface area contributed by atoms with Gasteiger partial charge in [-0.3, -0.25) is 9.97 Å². The Balaban J connectivity index is 2.87. The van der Waals surface area contributed by atoms with Crippen LogP contribution in [0.2, 0.25) is 0 Å². The monoisotopic (exact) mass is 221 g/mol. The Kier molecular flexibility index (Phi) is 5.39. The number of hydrogen-bond donors (Lipinski definition) is 1. The lowest BCUT2D eigenvalue weighted by Crippen LogP contribution is -2.28. The smallest absolute Gasteiger partial charge is 0.0759 e. The summed E-state index contributed by atoms with van der Waals surface area (Å²) in [6.07, 6.45) is 6.09. The van der Waals surface area contributed by atoms with Gasteiger partial charge in [0.2, 0.25) is 0 Å². The summed E-state index contributed by atoms with van der Waals surface area (Å²) in [6.45, 7) is 9.55. The summed E-state index contributed by atoms with van der Waals surface area (Å²) >= 11 is 0. The molecule has 0 saturated heterocycles. The van der Waals surface area contributed by atoms with E-state index < -0.39 is 0 Å². The summed E-state index contributed by atoms with van der Waals surface area (Å²) in [4.78, 5) is 8.82. The lowest BCUT2D eigenvalue weighted by Gasteiger charge is -2.25. The van der Waals surface area contributed by atoms with Crippen molar-refractivity contribution in [3.8, 4) is 0 Å². The zero-order valence-electron chi connectivity index (χ0n) is 10.8. The van der Waals surface area contributed by atoms with Crippen molar-refractivity contribution in [2.45, 2.75) is 46.6 Å². The Hall–Kier alpha value is -0.960. The predicted octanol–water partition coefficient (Wildman–Crippen LogP) is 2.87. The third kappa shape index (κ3) is 3.27. The summed E-state index contributed by atoms with van der Waals surface area (Å²) in [7, 11) is 0. The summed E-state index contributed by atoms with van der Waals surface area (Å²) < 4.78 is 0. The van der Waals surface area contributed by atoms with Crippen LogP contribution in [0.25, 0.3) is 0 Å². The van der Waals surface area contributed by atoms with E-state index in [9.17, 15) is 0 Å². The molecule has 1 rings (SSSR count). The second-order valence-corrected chi connectivity index (χ2v) is 4.19. The topological polar surface area (TPSA) is 37.8 Å². The number of hydrogen-bond acceptors (Lipinski definition) is 3. The van der Waals surface area contributed by atoms with Crippen molar-refractivity contribution >= 4 is 0 Å². The second kappa shape index (κ2) is 6.59. The van der Waals surface area contributed by atoms with Crippen molar-refractivity contribution in [3.05, 3.63) is 23.8 Å². The van der Waals surface area contributed by atoms with Crippen LogP contribution in [-0.4, -0.2) is 16.5 Å². The first-order valence-corrected chi connectivity index (χ1v) is 6.24. The zero-order chi connectivity index (χ0) is 12.0. The fourth-order valence-corrected chi connectivity index (χ4v) is 2.06. The second-order valence-electron chi connectivity index (χ2n) is 4.19. The molecule has 0 bridgehead atoms. The highest BCUT2D eigenvalue weighted by Gasteiger charge is 2.20. The third-order valence-corrected chi connectivity index (χ3v) is 3.06. The molecule has 0 saturated carbocycles. The molecule has 1 heterocycles. The molecule has 16 heavy (non-hydrogen) atoms. The van der Waals surface area contributed by atoms with Crippen molar-refractivity contribution in [3.63, 3.8) is 0 Å². The fraction of sp³-hybridized carbons (Fsp3) is 0.692. The van der Waals surface area contributed by atoms with E-state index in [1.165, 1.54) is 12.8 Å². The molecular formula is C13H23N3. The molecule has 0 fully saturated rings. The average molecular weight is 221 g/mol. The van der Waals surface area contributed by atoms with Gasteiger partial charge in [0.1, 0.15) is 0 Å². The summed E-state index contributed by atoms with van der Waals surface area (Å²) in [6, 6.07) is 0.341. The highest BCUT2D eigenvalue weighted by Crippen LogP contribution is 2.25. The zero-order valence-corrected chi connectivity index (χ0v) is 10.8. The first kappa shape index (κ1) is 13.1. The van der Waals surface area contributed by atoms with Gasteiger partial charge in [-0.25, -0.2) is 0 Å². The Morgan fingerprint density at radius 3 is 2.25 bits per heavy atom. The Labute approximate surface area is 98.7 Å². The van der Waals surface area contributed by atoms with E-state index in [2.05, 4.69) is 36.1 Å². The number of nitrogens with one attached hydrogen (secondary N) is 1. The van der Waals surface area contributed by atoms with Gasteiger partial charge in [-0.1, -0.05) is 33.6 Å². The van der Waals surface area contributed by atoms with Crippen LogP contribution in [0.3, 0.4) is 0 Å². The lowest BCUT2D eigenvalue weighted by atomic mass is 9.92. The average Bonchev–Trinajstić information content (AvgIpc) is 2.31. The van der Waals surface area contributed by atoms with Crippen molar-refractivity contribution in [1.82, 2.24) is 15.3 Å². The van der Waals surface area contributed by atoms with Crippen molar-refractivity contribution in [1.29, 1.82) is 0 Å². The number of aryl methyl sites for hydroxylation is 1. The molecule has 0 aromatic carbocycles. The molecule has 1 N–H and O–H groups in total. The Morgan fingerprint density at radius 2 is 1.81 bits per heavy atom. The number of aromatic nitrogens is 2. The standard InChI is InChI=1S/C13H23N3/c1-5-11(6-2)13(14-7-3)12-9-15-10(4)8-16-12/h8-9,11,13-14H,5-7H2,1-4H3. The van der Waals surface area contributed by atoms with Gasteiger partial charge >= 0.3 is 0 Å². The highest BCUT2D eigenvalue weighted by atomic mass is 15.0. The maximum atomic E-state index is 4.49. The van der Waals surface area contributed by atoms with Crippen LogP contribution < -0.4 is 5.32 Å². The molecular weight excluding hydrogens is 198 g/mol. The van der Waals surface area contributed by atoms with Gasteiger partial charge in [-0.05, 0) is 19.4 Å². The van der Waals surface area contributed by atoms with E-state index >= 15 is 0 Å². The van der Waals surface area contributed by atoms with Crippen LogP contribution >= 0.6 is 0 Å². The molecule has 0 amide bonds. The van der Waals surface area contributed by atoms with Gasteiger partial charge < -0.3 is 5.32 Å². The SMILES string of the molecule is CCNC(c1cnc(C)cn1)C(CC)CC. The molecule has 0 spiro atoms. The maximum absolute atomic E-state index is 4.49. The molecule has 1 aromatic rings. The molecule has 1 aromatic heterocycles. The lowest BCUT2D eigenvalue weighted by molar-refractivity contribution is 0.339. The van der Waals surface area contributed by atoms with Gasteiger partial charge in [-0.15, -0.1) is 0 Å². The first-order valence-electron chi connectivity index (χ1n) is 6.24. The van der Waals surface area contributed by atoms with Gasteiger partial charge in [-0.2, -0.15) is 0 Å². The molecule has 90 valence electrons. The molecule has 0 aliphatic rings. The molecule has 1 atom stereocenters. The van der Waals surface area contributed by atoms with Gasteiger partial charge in [0, 0.05) is 6.20 Å². The number of nitrogens with zero attached hydrogens (tertiary/aromatic N) is 2. The summed E-state index contributed by atoms with van der Waals surface area (Å²) in [5, 5.41) is 3.52. The quantitative estimate of drug-likeness (QED) is 0.802. The highest BCUT2D eigenvalue weighted by molar-refractivity contribution is 5.07. The maximum Gasteiger partial charge on any atom is 0.0759 e. The summed E-state index contributed by atoms with van der Waals surface area (Å²) in [5.74, 6) is 0.636. The molecule has 3 nitrogen and oxygen atoms in total. The van der Waals surface area contributed by atoms with Gasteiger partial charge in [0.05, 0.1) is 23.6 Å². The number of rotatable bonds is 6. The molecule has 0 aliphatic carbocycles. The van der Waals surface area contributed by atoms with Gasteiger partial charge in [0.15, 0.2) is 0 Å². The first-order chi connectivity index (χ1) is 7.72. The molecule has 3 heteroatoms. The third-order valence-electron chi connectivity index (χ3n) is 3.06. The van der Waals surface area contributed by atoms with Crippen LogP contribution in [0.5, 0.6) is 0 Å². The molecule has 0 radical (unpaired) electrons. The van der Waals surface area contributed by atoms with Crippen molar-refractivity contribution < 1.29 is 0 Å². The normalized spacial score (nSPS) is 13.1. The minimum absolute atomic E-state index is 0.341. The van der Waals surface area contributed by atoms with Crippen LogP contribution in [0.15, 0.2) is 12.4 Å². The van der Waals surface area contributed by atoms with Crippen molar-refractivity contribution in [2.24, 2.45) is 5.92 Å². The van der Waals surface area contributed by atoms with E-state index in [1.54, 1.807) is 0 Å². The minimum Gasteiger partial charge on any atom is -0.309 e. The molecule has 0 aliphatic heterocycles. The predicted molar refractivity (Wildman–Crippen MR) is 67.3 cm³/mol. The van der Waals surface area contributed by atoms with E-state index in [4.69, 9.17) is 0 Å². The Bertz CT molecular complexity index is 291.